The molecule has 8 heteroatoms. The van der Waals surface area contributed by atoms with E-state index in [4.69, 9.17) is 25.8 Å². The normalized spacial score (nSPS) is 13.4. The summed E-state index contributed by atoms with van der Waals surface area (Å²) >= 11 is 0. The third-order valence-electron chi connectivity index (χ3n) is 11.2. The van der Waals surface area contributed by atoms with Gasteiger partial charge in [-0.1, -0.05) is 126 Å². The maximum Gasteiger partial charge on any atom is 0.453 e. The number of aryl methyl sites for hydroxylation is 4. The molecule has 0 amide bonds. The molecule has 0 N–H and O–H groups in total. The predicted octanol–water partition coefficient (Wildman–Crippen LogP) is 17.3. The van der Waals surface area contributed by atoms with Crippen LogP contribution in [0, 0.1) is 27.7 Å². The van der Waals surface area contributed by atoms with Gasteiger partial charge >= 0.3 is 16.5 Å². The van der Waals surface area contributed by atoms with E-state index in [1.807, 2.05) is 31.2 Å². The van der Waals surface area contributed by atoms with E-state index in [0.717, 1.165) is 71.7 Å². The topological polar surface area (TPSA) is 71.0 Å². The van der Waals surface area contributed by atoms with E-state index >= 15 is 0 Å². The number of benzene rings is 5. The van der Waals surface area contributed by atoms with Crippen LogP contribution in [0.2, 0.25) is 0 Å². The molecule has 5 aromatic carbocycles. The summed E-state index contributed by atoms with van der Waals surface area (Å²) in [7, 11) is -3.92. The van der Waals surface area contributed by atoms with Crippen LogP contribution in [0.25, 0.3) is 43.9 Å². The molecule has 0 saturated heterocycles. The molecule has 0 aliphatic carbocycles. The van der Waals surface area contributed by atoms with Crippen LogP contribution in [0.3, 0.4) is 0 Å². The fraction of sp³-hybridized carbons (Fsp3) is 0.423. The highest BCUT2D eigenvalue weighted by molar-refractivity contribution is 7.32. The average Bonchev–Trinajstić information content (AvgIpc) is 3.36. The van der Waals surface area contributed by atoms with Crippen LogP contribution in [0.15, 0.2) is 89.6 Å². The molecule has 0 fully saturated rings. The SMILES string of the molecule is Cc1cc(C(C)(C)C)c2op(Oc3ccccc3C(C)Op3oc4c(C(C)(C)C)cc(C)cc4c4cc(C)cc(C(C)(C)C)c4o3)oc3c(C(C)(C)C)cc(C)cc3c2c1. The Morgan fingerprint density at radius 1 is 0.433 bits per heavy atom. The van der Waals surface area contributed by atoms with E-state index in [1.165, 1.54) is 22.3 Å². The number of hydrogen-bond donors (Lipinski definition) is 0. The first-order valence-corrected chi connectivity index (χ1v) is 23.4. The van der Waals surface area contributed by atoms with Crippen molar-refractivity contribution < 1.29 is 25.8 Å². The lowest BCUT2D eigenvalue weighted by atomic mass is 9.83. The first-order chi connectivity index (χ1) is 27.8. The number of rotatable bonds is 5. The van der Waals surface area contributed by atoms with Crippen LogP contribution >= 0.6 is 16.5 Å². The minimum Gasteiger partial charge on any atom is -0.399 e. The number of para-hydroxylation sites is 1. The Morgan fingerprint density at radius 3 is 1.05 bits per heavy atom. The highest BCUT2D eigenvalue weighted by Crippen LogP contribution is 2.47. The summed E-state index contributed by atoms with van der Waals surface area (Å²) in [5.74, 6) is 0.609. The van der Waals surface area contributed by atoms with Crippen LogP contribution in [0.5, 0.6) is 5.75 Å². The first-order valence-electron chi connectivity index (χ1n) is 21.2. The van der Waals surface area contributed by atoms with Crippen LogP contribution in [-0.2, 0) is 21.7 Å². The van der Waals surface area contributed by atoms with E-state index in [9.17, 15) is 0 Å². The lowest BCUT2D eigenvalue weighted by molar-refractivity contribution is 0.281. The van der Waals surface area contributed by atoms with Crippen molar-refractivity contribution in [2.45, 2.75) is 145 Å². The first kappa shape index (κ1) is 43.7. The third-order valence-corrected chi connectivity index (χ3v) is 13.3. The number of fused-ring (bicyclic) bond motifs is 6. The molecule has 0 saturated carbocycles. The van der Waals surface area contributed by atoms with E-state index in [2.05, 4.69) is 159 Å². The van der Waals surface area contributed by atoms with Gasteiger partial charge in [0.1, 0.15) is 28.1 Å². The summed E-state index contributed by atoms with van der Waals surface area (Å²) in [6.45, 7) is 37.3. The van der Waals surface area contributed by atoms with E-state index in [1.54, 1.807) is 0 Å². The Bertz CT molecular complexity index is 2700. The monoisotopic (exact) mass is 846 g/mol. The maximum atomic E-state index is 6.99. The van der Waals surface area contributed by atoms with E-state index in [-0.39, 0.29) is 21.7 Å². The molecule has 6 nitrogen and oxygen atoms in total. The molecule has 0 aliphatic heterocycles. The molecule has 1 unspecified atom stereocenters. The van der Waals surface area contributed by atoms with Crippen molar-refractivity contribution in [1.82, 2.24) is 0 Å². The predicted molar refractivity (Wildman–Crippen MR) is 254 cm³/mol. The summed E-state index contributed by atoms with van der Waals surface area (Å²) in [5.41, 5.74) is 12.3. The van der Waals surface area contributed by atoms with Crippen LogP contribution < -0.4 is 9.05 Å². The summed E-state index contributed by atoms with van der Waals surface area (Å²) in [6.07, 6.45) is -0.494. The van der Waals surface area contributed by atoms with Crippen molar-refractivity contribution in [3.05, 3.63) is 123 Å². The van der Waals surface area contributed by atoms with Crippen molar-refractivity contribution in [3.63, 3.8) is 0 Å². The molecule has 1 atom stereocenters. The smallest absolute Gasteiger partial charge is 0.399 e. The molecular formula is C52H64O6P2. The van der Waals surface area contributed by atoms with Crippen molar-refractivity contribution in [2.75, 3.05) is 0 Å². The standard InChI is InChI=1S/C52H64O6P2/c1-30-22-36-37-23-31(2)27-41(50(9,10)11)46(37)56-59(55-45(36)40(26-30)49(6,7)8)53-34(5)35-20-18-19-21-44(35)54-60-57-47-38(24-32(3)28-42(47)51(12,13)14)39-25-33(4)29-43(48(39)58-60)52(15,16)17/h18-29,34H,1-17H3. The Hall–Kier alpha value is -4.34. The lowest BCUT2D eigenvalue weighted by Crippen LogP contribution is -2.12. The molecule has 0 radical (unpaired) electrons. The molecule has 0 bridgehead atoms. The molecule has 7 rings (SSSR count). The highest BCUT2D eigenvalue weighted by Gasteiger charge is 2.28. The molecule has 0 aliphatic rings. The Labute approximate surface area is 358 Å². The van der Waals surface area contributed by atoms with Crippen LogP contribution in [-0.4, -0.2) is 0 Å². The summed E-state index contributed by atoms with van der Waals surface area (Å²) < 4.78 is 41.8. The second-order valence-electron chi connectivity index (χ2n) is 20.9. The highest BCUT2D eigenvalue weighted by atomic mass is 31.1. The zero-order chi connectivity index (χ0) is 43.9. The molecule has 2 aromatic heterocycles. The van der Waals surface area contributed by atoms with Gasteiger partial charge in [-0.2, -0.15) is 0 Å². The third kappa shape index (κ3) is 8.72. The van der Waals surface area contributed by atoms with E-state index < -0.39 is 22.6 Å². The minimum absolute atomic E-state index is 0.195. The van der Waals surface area contributed by atoms with Gasteiger partial charge in [0.2, 0.25) is 0 Å². The summed E-state index contributed by atoms with van der Waals surface area (Å²) in [5, 5.41) is 4.08. The Morgan fingerprint density at radius 2 is 0.733 bits per heavy atom. The summed E-state index contributed by atoms with van der Waals surface area (Å²) in [6, 6.07) is 25.7. The van der Waals surface area contributed by atoms with Gasteiger partial charge in [-0.15, -0.1) is 0 Å². The fourth-order valence-electron chi connectivity index (χ4n) is 8.10. The van der Waals surface area contributed by atoms with Gasteiger partial charge in [0.15, 0.2) is 0 Å². The second kappa shape index (κ2) is 15.5. The van der Waals surface area contributed by atoms with Crippen molar-refractivity contribution in [1.29, 1.82) is 0 Å². The van der Waals surface area contributed by atoms with Crippen LogP contribution in [0.4, 0.5) is 0 Å². The minimum atomic E-state index is -1.98. The molecule has 2 heterocycles. The van der Waals surface area contributed by atoms with Gasteiger partial charge < -0.3 is 21.3 Å². The van der Waals surface area contributed by atoms with Crippen molar-refractivity contribution >= 4 is 60.4 Å². The van der Waals surface area contributed by atoms with E-state index in [0.29, 0.717) is 5.75 Å². The Kier molecular flexibility index (Phi) is 11.3. The largest absolute Gasteiger partial charge is 0.453 e. The molecule has 7 aromatic rings. The molecular weight excluding hydrogens is 783 g/mol. The lowest BCUT2D eigenvalue weighted by Gasteiger charge is -2.21. The average molecular weight is 847 g/mol. The maximum absolute atomic E-state index is 6.99. The van der Waals surface area contributed by atoms with Gasteiger partial charge in [0.25, 0.3) is 0 Å². The molecule has 60 heavy (non-hydrogen) atoms. The van der Waals surface area contributed by atoms with Gasteiger partial charge in [-0.3, -0.25) is 4.52 Å². The fourth-order valence-corrected chi connectivity index (χ4v) is 10.4. The van der Waals surface area contributed by atoms with Gasteiger partial charge in [0, 0.05) is 49.4 Å². The zero-order valence-electron chi connectivity index (χ0n) is 38.8. The zero-order valence-corrected chi connectivity index (χ0v) is 40.6. The van der Waals surface area contributed by atoms with Crippen molar-refractivity contribution in [3.8, 4) is 5.75 Å². The van der Waals surface area contributed by atoms with Gasteiger partial charge in [-0.25, -0.2) is 0 Å². The number of hydrogen-bond acceptors (Lipinski definition) is 6. The quantitative estimate of drug-likeness (QED) is 0.172. The van der Waals surface area contributed by atoms with Crippen LogP contribution in [0.1, 0.15) is 146 Å². The molecule has 0 spiro atoms. The second-order valence-corrected chi connectivity index (χ2v) is 23.0. The summed E-state index contributed by atoms with van der Waals surface area (Å²) in [4.78, 5) is 0. The Balaban J connectivity index is 1.44. The van der Waals surface area contributed by atoms with Gasteiger partial charge in [-0.05, 0) is 109 Å². The molecule has 318 valence electrons. The van der Waals surface area contributed by atoms with Crippen molar-refractivity contribution in [2.24, 2.45) is 0 Å². The van der Waals surface area contributed by atoms with Gasteiger partial charge in [0.05, 0.1) is 6.10 Å².